The van der Waals surface area contributed by atoms with Gasteiger partial charge in [0.25, 0.3) is 0 Å². The van der Waals surface area contributed by atoms with E-state index in [1.54, 1.807) is 6.26 Å². The normalized spacial score (nSPS) is 11.9. The summed E-state index contributed by atoms with van der Waals surface area (Å²) in [4.78, 5) is 4.75. The smallest absolute Gasteiger partial charge is 0.226 e. The molecular formula is C30H43ClN2O3S. The van der Waals surface area contributed by atoms with Crippen molar-refractivity contribution < 1.29 is 14.3 Å². The van der Waals surface area contributed by atoms with Crippen LogP contribution in [0.4, 0.5) is 0 Å². The van der Waals surface area contributed by atoms with E-state index >= 15 is 0 Å². The molecule has 3 rings (SSSR count). The van der Waals surface area contributed by atoms with Crippen LogP contribution in [0.25, 0.3) is 11.5 Å². The number of benzene rings is 2. The molecule has 7 heteroatoms. The third-order valence-corrected chi connectivity index (χ3v) is 6.84. The van der Waals surface area contributed by atoms with Crippen molar-refractivity contribution in [3.63, 3.8) is 0 Å². The maximum atomic E-state index is 11.0. The summed E-state index contributed by atoms with van der Waals surface area (Å²) in [7, 11) is 1.95. The molecule has 0 saturated heterocycles. The molecule has 0 saturated carbocycles. The number of nitrogens with zero attached hydrogens (tertiary/aromatic N) is 1. The number of aromatic nitrogens is 1. The van der Waals surface area contributed by atoms with Gasteiger partial charge in [-0.15, -0.1) is 12.4 Å². The highest BCUT2D eigenvalue weighted by Crippen LogP contribution is 2.41. The molecule has 5 nitrogen and oxygen atoms in total. The lowest BCUT2D eigenvalue weighted by molar-refractivity contribution is 0.316. The molecule has 204 valence electrons. The van der Waals surface area contributed by atoms with Crippen LogP contribution in [0, 0.1) is 0 Å². The van der Waals surface area contributed by atoms with Crippen molar-refractivity contribution in [1.82, 2.24) is 10.3 Å². The number of hydrogen-bond acceptors (Lipinski definition) is 6. The van der Waals surface area contributed by atoms with Crippen molar-refractivity contribution in [2.24, 2.45) is 0 Å². The maximum absolute atomic E-state index is 11.0. The minimum absolute atomic E-state index is 0. The van der Waals surface area contributed by atoms with Crippen molar-refractivity contribution in [2.45, 2.75) is 71.8 Å². The van der Waals surface area contributed by atoms with Crippen molar-refractivity contribution in [3.05, 3.63) is 64.5 Å². The second-order valence-corrected chi connectivity index (χ2v) is 12.4. The number of aryl methyl sites for hydroxylation is 1. The SMILES string of the molecule is CNCc1cc(CCSC)ccc1OCCc1coc(-c2cc(C(C)(C)C)c(O)c(C(C)(C)C)c2)n1.Cl. The molecular weight excluding hydrogens is 504 g/mol. The molecule has 0 aliphatic rings. The molecule has 0 aliphatic carbocycles. The van der Waals surface area contributed by atoms with Gasteiger partial charge in [-0.1, -0.05) is 53.7 Å². The Labute approximate surface area is 233 Å². The van der Waals surface area contributed by atoms with Crippen LogP contribution < -0.4 is 10.1 Å². The van der Waals surface area contributed by atoms with Crippen LogP contribution in [-0.4, -0.2) is 35.8 Å². The van der Waals surface area contributed by atoms with Gasteiger partial charge in [-0.05, 0) is 60.1 Å². The molecule has 0 spiro atoms. The molecule has 2 N–H and O–H groups in total. The van der Waals surface area contributed by atoms with Crippen LogP contribution in [-0.2, 0) is 30.2 Å². The zero-order valence-corrected chi connectivity index (χ0v) is 25.2. The van der Waals surface area contributed by atoms with Gasteiger partial charge < -0.3 is 19.6 Å². The van der Waals surface area contributed by atoms with E-state index in [4.69, 9.17) is 14.1 Å². The Morgan fingerprint density at radius 2 is 1.65 bits per heavy atom. The Kier molecular flexibility index (Phi) is 11.0. The second-order valence-electron chi connectivity index (χ2n) is 11.4. The molecule has 0 aliphatic heterocycles. The van der Waals surface area contributed by atoms with E-state index in [0.29, 0.717) is 24.7 Å². The van der Waals surface area contributed by atoms with Gasteiger partial charge in [0, 0.05) is 35.2 Å². The highest BCUT2D eigenvalue weighted by molar-refractivity contribution is 7.98. The summed E-state index contributed by atoms with van der Waals surface area (Å²) >= 11 is 1.86. The van der Waals surface area contributed by atoms with Crippen molar-refractivity contribution in [3.8, 4) is 23.0 Å². The maximum Gasteiger partial charge on any atom is 0.226 e. The van der Waals surface area contributed by atoms with Crippen LogP contribution in [0.1, 0.15) is 69.5 Å². The molecule has 37 heavy (non-hydrogen) atoms. The molecule has 0 radical (unpaired) electrons. The lowest BCUT2D eigenvalue weighted by Gasteiger charge is -2.27. The van der Waals surface area contributed by atoms with Crippen LogP contribution in [0.2, 0.25) is 0 Å². The predicted molar refractivity (Wildman–Crippen MR) is 159 cm³/mol. The molecule has 0 atom stereocenters. The van der Waals surface area contributed by atoms with Crippen molar-refractivity contribution in [1.29, 1.82) is 0 Å². The summed E-state index contributed by atoms with van der Waals surface area (Å²) in [5.74, 6) is 2.94. The average Bonchev–Trinajstić information content (AvgIpc) is 3.26. The fraction of sp³-hybridized carbons (Fsp3) is 0.500. The molecule has 3 aromatic rings. The first kappa shape index (κ1) is 31.1. The Morgan fingerprint density at radius 3 is 2.22 bits per heavy atom. The van der Waals surface area contributed by atoms with Gasteiger partial charge >= 0.3 is 0 Å². The van der Waals surface area contributed by atoms with Crippen molar-refractivity contribution >= 4 is 24.2 Å². The fourth-order valence-corrected chi connectivity index (χ4v) is 4.64. The van der Waals surface area contributed by atoms with E-state index in [-0.39, 0.29) is 23.2 Å². The largest absolute Gasteiger partial charge is 0.507 e. The molecule has 0 amide bonds. The number of thioether (sulfide) groups is 1. The molecule has 0 bridgehead atoms. The van der Waals surface area contributed by atoms with E-state index in [1.165, 1.54) is 11.1 Å². The van der Waals surface area contributed by atoms with Gasteiger partial charge in [0.2, 0.25) is 5.89 Å². The van der Waals surface area contributed by atoms with Crippen LogP contribution in [0.3, 0.4) is 0 Å². The van der Waals surface area contributed by atoms with Crippen molar-refractivity contribution in [2.75, 3.05) is 25.7 Å². The van der Waals surface area contributed by atoms with E-state index in [9.17, 15) is 5.11 Å². The number of phenolic OH excluding ortho intramolecular Hbond substituents is 1. The minimum atomic E-state index is -0.209. The van der Waals surface area contributed by atoms with E-state index in [1.807, 2.05) is 30.9 Å². The summed E-state index contributed by atoms with van der Waals surface area (Å²) in [6, 6.07) is 10.5. The third kappa shape index (κ3) is 8.17. The lowest BCUT2D eigenvalue weighted by atomic mass is 9.78. The quantitative estimate of drug-likeness (QED) is 0.278. The molecule has 0 unspecified atom stereocenters. The predicted octanol–water partition coefficient (Wildman–Crippen LogP) is 7.31. The summed E-state index contributed by atoms with van der Waals surface area (Å²) in [5.41, 5.74) is 5.61. The van der Waals surface area contributed by atoms with E-state index in [2.05, 4.69) is 71.3 Å². The second kappa shape index (κ2) is 13.1. The number of ether oxygens (including phenoxy) is 1. The fourth-order valence-electron chi connectivity index (χ4n) is 4.20. The standard InChI is InChI=1S/C30H42N2O3S.ClH/c1-29(2,3)24-16-21(17-25(27(24)33)30(4,5)6)28-32-23(19-35-28)11-13-34-26-10-9-20(12-14-36-8)15-22(26)18-31-7;/h9-10,15-17,19,31,33H,11-14,18H2,1-8H3;1H. The van der Waals surface area contributed by atoms with Gasteiger partial charge in [0.1, 0.15) is 17.8 Å². The summed E-state index contributed by atoms with van der Waals surface area (Å²) in [6.07, 6.45) is 5.55. The van der Waals surface area contributed by atoms with Gasteiger partial charge in [-0.25, -0.2) is 4.98 Å². The third-order valence-electron chi connectivity index (χ3n) is 6.23. The first-order valence-electron chi connectivity index (χ1n) is 12.6. The van der Waals surface area contributed by atoms with E-state index < -0.39 is 0 Å². The highest BCUT2D eigenvalue weighted by atomic mass is 35.5. The number of oxazole rings is 1. The average molecular weight is 547 g/mol. The van der Waals surface area contributed by atoms with Crippen LogP contribution in [0.15, 0.2) is 41.0 Å². The first-order chi connectivity index (χ1) is 16.9. The number of phenols is 1. The molecule has 1 heterocycles. The molecule has 1 aromatic heterocycles. The number of halogens is 1. The Hall–Kier alpha value is -2.15. The van der Waals surface area contributed by atoms with Gasteiger partial charge in [-0.3, -0.25) is 0 Å². The lowest BCUT2D eigenvalue weighted by Crippen LogP contribution is -2.17. The monoisotopic (exact) mass is 546 g/mol. The Morgan fingerprint density at radius 1 is 1.00 bits per heavy atom. The number of hydrogen-bond donors (Lipinski definition) is 2. The number of nitrogens with one attached hydrogen (secondary N) is 1. The topological polar surface area (TPSA) is 67.5 Å². The number of rotatable bonds is 10. The van der Waals surface area contributed by atoms with Gasteiger partial charge in [-0.2, -0.15) is 11.8 Å². The van der Waals surface area contributed by atoms with Gasteiger partial charge in [0.05, 0.1) is 12.3 Å². The highest BCUT2D eigenvalue weighted by Gasteiger charge is 2.27. The summed E-state index contributed by atoms with van der Waals surface area (Å²) in [5, 5.41) is 14.2. The first-order valence-corrected chi connectivity index (χ1v) is 14.0. The zero-order valence-electron chi connectivity index (χ0n) is 23.5. The molecule has 2 aromatic carbocycles. The van der Waals surface area contributed by atoms with Gasteiger partial charge in [0.15, 0.2) is 0 Å². The molecule has 0 fully saturated rings. The Bertz CT molecular complexity index is 1130. The van der Waals surface area contributed by atoms with Crippen LogP contribution in [0.5, 0.6) is 11.5 Å². The number of aromatic hydroxyl groups is 1. The summed E-state index contributed by atoms with van der Waals surface area (Å²) in [6.45, 7) is 13.9. The summed E-state index contributed by atoms with van der Waals surface area (Å²) < 4.78 is 12.0. The zero-order chi connectivity index (χ0) is 26.5. The minimum Gasteiger partial charge on any atom is -0.507 e. The van der Waals surface area contributed by atoms with Crippen LogP contribution >= 0.6 is 24.2 Å². The Balaban J connectivity index is 0.00000481. The van der Waals surface area contributed by atoms with E-state index in [0.717, 1.165) is 46.9 Å².